The summed E-state index contributed by atoms with van der Waals surface area (Å²) in [6.07, 6.45) is 1.76. The van der Waals surface area contributed by atoms with E-state index in [1.54, 1.807) is 13.2 Å². The van der Waals surface area contributed by atoms with E-state index in [1.807, 2.05) is 7.05 Å². The van der Waals surface area contributed by atoms with Crippen LogP contribution in [0.5, 0.6) is 0 Å². The van der Waals surface area contributed by atoms with E-state index in [0.717, 1.165) is 29.9 Å². The van der Waals surface area contributed by atoms with Gasteiger partial charge in [-0.1, -0.05) is 0 Å². The quantitative estimate of drug-likeness (QED) is 0.798. The molecule has 7 heteroatoms. The second kappa shape index (κ2) is 5.18. The fraction of sp³-hybridized carbons (Fsp3) is 0.545. The van der Waals surface area contributed by atoms with Gasteiger partial charge >= 0.3 is 0 Å². The summed E-state index contributed by atoms with van der Waals surface area (Å²) in [6, 6.07) is 0. The molecule has 7 nitrogen and oxygen atoms in total. The van der Waals surface area contributed by atoms with Crippen LogP contribution in [0.25, 0.3) is 11.0 Å². The number of anilines is 2. The molecule has 0 saturated heterocycles. The molecule has 0 aliphatic carbocycles. The first-order valence-corrected chi connectivity index (χ1v) is 5.86. The van der Waals surface area contributed by atoms with Crippen molar-refractivity contribution < 1.29 is 0 Å². The Labute approximate surface area is 106 Å². The molecule has 0 aliphatic heterocycles. The molecule has 0 unspecified atom stereocenters. The lowest BCUT2D eigenvalue weighted by Gasteiger charge is -2.21. The van der Waals surface area contributed by atoms with E-state index in [9.17, 15) is 0 Å². The van der Waals surface area contributed by atoms with Gasteiger partial charge in [0.05, 0.1) is 11.6 Å². The fourth-order valence-electron chi connectivity index (χ4n) is 1.68. The van der Waals surface area contributed by atoms with Crippen molar-refractivity contribution in [2.24, 2.45) is 0 Å². The summed E-state index contributed by atoms with van der Waals surface area (Å²) in [7, 11) is 7.94. The fourth-order valence-corrected chi connectivity index (χ4v) is 1.68. The largest absolute Gasteiger partial charge is 0.358 e. The van der Waals surface area contributed by atoms with Gasteiger partial charge in [-0.15, -0.1) is 0 Å². The Bertz CT molecular complexity index is 519. The van der Waals surface area contributed by atoms with Gasteiger partial charge in [-0.05, 0) is 14.1 Å². The highest BCUT2D eigenvalue weighted by atomic mass is 15.3. The van der Waals surface area contributed by atoms with Crippen molar-refractivity contribution in [2.45, 2.75) is 0 Å². The summed E-state index contributed by atoms with van der Waals surface area (Å²) in [5.41, 5.74) is 0.751. The highest BCUT2D eigenvalue weighted by molar-refractivity contribution is 5.87. The first kappa shape index (κ1) is 12.6. The number of rotatable bonds is 5. The van der Waals surface area contributed by atoms with Crippen LogP contribution >= 0.6 is 0 Å². The van der Waals surface area contributed by atoms with Gasteiger partial charge in [0, 0.05) is 27.2 Å². The minimum absolute atomic E-state index is 0.596. The molecule has 2 heterocycles. The van der Waals surface area contributed by atoms with E-state index in [-0.39, 0.29) is 0 Å². The average molecular weight is 249 g/mol. The molecule has 0 aliphatic rings. The number of hydrogen-bond donors (Lipinski definition) is 2. The van der Waals surface area contributed by atoms with Gasteiger partial charge in [0.25, 0.3) is 0 Å². The van der Waals surface area contributed by atoms with Crippen LogP contribution in [0.1, 0.15) is 0 Å². The third kappa shape index (κ3) is 2.51. The van der Waals surface area contributed by atoms with Crippen molar-refractivity contribution in [1.29, 1.82) is 0 Å². The number of likely N-dealkylation sites (N-methyl/N-ethyl adjacent to an activating group) is 2. The molecule has 0 fully saturated rings. The van der Waals surface area contributed by atoms with Gasteiger partial charge in [-0.25, -0.2) is 0 Å². The highest BCUT2D eigenvalue weighted by Crippen LogP contribution is 2.22. The molecule has 0 spiro atoms. The molecule has 0 bridgehead atoms. The Morgan fingerprint density at radius 1 is 1.22 bits per heavy atom. The minimum atomic E-state index is 0.596. The van der Waals surface area contributed by atoms with Gasteiger partial charge in [0.15, 0.2) is 5.65 Å². The van der Waals surface area contributed by atoms with Crippen molar-refractivity contribution in [3.05, 3.63) is 6.20 Å². The second-order valence-electron chi connectivity index (χ2n) is 4.48. The zero-order chi connectivity index (χ0) is 13.1. The number of H-pyrrole nitrogens is 1. The molecule has 2 aromatic heterocycles. The molecule has 2 rings (SSSR count). The molecular weight excluding hydrogens is 230 g/mol. The van der Waals surface area contributed by atoms with Crippen LogP contribution < -0.4 is 10.2 Å². The standard InChI is InChI=1S/C11H19N7/c1-12-11-14-9-8(7-13-16-9)10(15-11)18(4)6-5-17(2)3/h7H,5-6H2,1-4H3,(H2,12,13,14,15,16). The zero-order valence-corrected chi connectivity index (χ0v) is 11.2. The predicted molar refractivity (Wildman–Crippen MR) is 73.1 cm³/mol. The summed E-state index contributed by atoms with van der Waals surface area (Å²) in [5.74, 6) is 1.48. The van der Waals surface area contributed by atoms with Crippen molar-refractivity contribution in [1.82, 2.24) is 25.1 Å². The molecular formula is C11H19N7. The average Bonchev–Trinajstić information content (AvgIpc) is 2.82. The molecule has 0 aromatic carbocycles. The number of aromatic amines is 1. The summed E-state index contributed by atoms with van der Waals surface area (Å²) in [6.45, 7) is 1.86. The van der Waals surface area contributed by atoms with Crippen LogP contribution in [0, 0.1) is 0 Å². The van der Waals surface area contributed by atoms with Gasteiger partial charge in [0.1, 0.15) is 5.82 Å². The Morgan fingerprint density at radius 3 is 2.67 bits per heavy atom. The van der Waals surface area contributed by atoms with Crippen molar-refractivity contribution in [3.8, 4) is 0 Å². The number of aromatic nitrogens is 4. The molecule has 0 radical (unpaired) electrons. The van der Waals surface area contributed by atoms with Crippen LogP contribution in [-0.4, -0.2) is 66.3 Å². The highest BCUT2D eigenvalue weighted by Gasteiger charge is 2.12. The van der Waals surface area contributed by atoms with Crippen molar-refractivity contribution in [2.75, 3.05) is 51.5 Å². The number of hydrogen-bond acceptors (Lipinski definition) is 6. The normalized spacial score (nSPS) is 11.2. The van der Waals surface area contributed by atoms with Crippen LogP contribution in [0.3, 0.4) is 0 Å². The molecule has 18 heavy (non-hydrogen) atoms. The predicted octanol–water partition coefficient (Wildman–Crippen LogP) is 0.392. The van der Waals surface area contributed by atoms with E-state index in [0.29, 0.717) is 5.95 Å². The molecule has 0 amide bonds. The third-order valence-electron chi connectivity index (χ3n) is 2.76. The van der Waals surface area contributed by atoms with Crippen LogP contribution in [0.4, 0.5) is 11.8 Å². The van der Waals surface area contributed by atoms with Crippen molar-refractivity contribution >= 4 is 22.8 Å². The Morgan fingerprint density at radius 2 is 2.00 bits per heavy atom. The summed E-state index contributed by atoms with van der Waals surface area (Å²) in [5, 5.41) is 10.8. The van der Waals surface area contributed by atoms with Crippen LogP contribution in [-0.2, 0) is 0 Å². The van der Waals surface area contributed by atoms with Gasteiger partial charge in [-0.3, -0.25) is 5.10 Å². The lowest BCUT2D eigenvalue weighted by atomic mass is 10.3. The SMILES string of the molecule is CNc1nc(N(C)CCN(C)C)c2cn[nH]c2n1. The zero-order valence-electron chi connectivity index (χ0n) is 11.2. The smallest absolute Gasteiger partial charge is 0.226 e. The Kier molecular flexibility index (Phi) is 3.61. The van der Waals surface area contributed by atoms with Gasteiger partial charge in [-0.2, -0.15) is 15.1 Å². The molecule has 0 atom stereocenters. The lowest BCUT2D eigenvalue weighted by Crippen LogP contribution is -2.29. The van der Waals surface area contributed by atoms with Crippen molar-refractivity contribution in [3.63, 3.8) is 0 Å². The van der Waals surface area contributed by atoms with E-state index < -0.39 is 0 Å². The van der Waals surface area contributed by atoms with E-state index in [1.165, 1.54) is 0 Å². The summed E-state index contributed by atoms with van der Waals surface area (Å²) >= 11 is 0. The monoisotopic (exact) mass is 249 g/mol. The third-order valence-corrected chi connectivity index (χ3v) is 2.76. The first-order chi connectivity index (χ1) is 8.61. The first-order valence-electron chi connectivity index (χ1n) is 5.86. The van der Waals surface area contributed by atoms with E-state index in [4.69, 9.17) is 0 Å². The Hall–Kier alpha value is -1.89. The topological polar surface area (TPSA) is 73.0 Å². The maximum absolute atomic E-state index is 4.49. The van der Waals surface area contributed by atoms with Crippen LogP contribution in [0.2, 0.25) is 0 Å². The molecule has 0 saturated carbocycles. The number of nitrogens with zero attached hydrogens (tertiary/aromatic N) is 5. The van der Waals surface area contributed by atoms with Gasteiger partial charge in [0.2, 0.25) is 5.95 Å². The second-order valence-corrected chi connectivity index (χ2v) is 4.48. The summed E-state index contributed by atoms with van der Waals surface area (Å²) < 4.78 is 0. The maximum Gasteiger partial charge on any atom is 0.226 e. The lowest BCUT2D eigenvalue weighted by molar-refractivity contribution is 0.416. The number of fused-ring (bicyclic) bond motifs is 1. The Balaban J connectivity index is 2.32. The summed E-state index contributed by atoms with van der Waals surface area (Å²) in [4.78, 5) is 13.1. The van der Waals surface area contributed by atoms with Gasteiger partial charge < -0.3 is 15.1 Å². The maximum atomic E-state index is 4.49. The van der Waals surface area contributed by atoms with Crippen LogP contribution in [0.15, 0.2) is 6.20 Å². The molecule has 2 N–H and O–H groups in total. The number of nitrogens with one attached hydrogen (secondary N) is 2. The minimum Gasteiger partial charge on any atom is -0.358 e. The van der Waals surface area contributed by atoms with E-state index in [2.05, 4.69) is 49.4 Å². The molecule has 2 aromatic rings. The molecule has 98 valence electrons. The van der Waals surface area contributed by atoms with E-state index >= 15 is 0 Å².